The molecule has 0 amide bonds. The van der Waals surface area contributed by atoms with Gasteiger partial charge in [0.2, 0.25) is 5.89 Å². The van der Waals surface area contributed by atoms with Crippen molar-refractivity contribution >= 4 is 5.96 Å². The van der Waals surface area contributed by atoms with Crippen molar-refractivity contribution in [1.29, 1.82) is 0 Å². The first-order chi connectivity index (χ1) is 14.2. The molecule has 1 unspecified atom stereocenters. The maximum Gasteiger partial charge on any atom is 0.226 e. The van der Waals surface area contributed by atoms with Gasteiger partial charge in [-0.05, 0) is 37.1 Å². The van der Waals surface area contributed by atoms with Crippen molar-refractivity contribution < 1.29 is 18.3 Å². The van der Waals surface area contributed by atoms with E-state index in [1.165, 1.54) is 12.1 Å². The van der Waals surface area contributed by atoms with Crippen molar-refractivity contribution in [3.8, 4) is 11.5 Å². The Morgan fingerprint density at radius 2 is 2.10 bits per heavy atom. The number of aliphatic imine (C=N–C) groups is 1. The van der Waals surface area contributed by atoms with Crippen LogP contribution in [-0.2, 0) is 15.9 Å². The van der Waals surface area contributed by atoms with Gasteiger partial charge < -0.3 is 24.5 Å². The molecule has 7 nitrogen and oxygen atoms in total. The first kappa shape index (κ1) is 21.3. The fraction of sp³-hybridized carbons (Fsp3) is 0.524. The van der Waals surface area contributed by atoms with Gasteiger partial charge in [-0.3, -0.25) is 4.99 Å². The molecule has 8 heteroatoms. The summed E-state index contributed by atoms with van der Waals surface area (Å²) in [6.45, 7) is 4.66. The SMILES string of the molecule is CN=C(NCCCOCC1CCOC1)NCCc1coc(-c2ccc(F)cc2)n1. The molecule has 1 aromatic carbocycles. The normalized spacial score (nSPS) is 16.9. The second-order valence-corrected chi connectivity index (χ2v) is 6.98. The monoisotopic (exact) mass is 404 g/mol. The predicted octanol–water partition coefficient (Wildman–Crippen LogP) is 2.63. The quantitative estimate of drug-likeness (QED) is 0.360. The zero-order valence-electron chi connectivity index (χ0n) is 16.8. The fourth-order valence-electron chi connectivity index (χ4n) is 3.02. The van der Waals surface area contributed by atoms with Gasteiger partial charge in [0.05, 0.1) is 18.9 Å². The number of benzene rings is 1. The molecule has 0 radical (unpaired) electrons. The van der Waals surface area contributed by atoms with Crippen LogP contribution < -0.4 is 10.6 Å². The highest BCUT2D eigenvalue weighted by Crippen LogP contribution is 2.19. The van der Waals surface area contributed by atoms with Gasteiger partial charge in [-0.25, -0.2) is 9.37 Å². The van der Waals surface area contributed by atoms with Crippen LogP contribution in [0, 0.1) is 11.7 Å². The minimum Gasteiger partial charge on any atom is -0.444 e. The Bertz CT molecular complexity index is 758. The van der Waals surface area contributed by atoms with Gasteiger partial charge in [0.25, 0.3) is 0 Å². The van der Waals surface area contributed by atoms with Crippen molar-refractivity contribution in [1.82, 2.24) is 15.6 Å². The topological polar surface area (TPSA) is 80.9 Å². The molecule has 2 aromatic rings. The van der Waals surface area contributed by atoms with Crippen LogP contribution in [0.25, 0.3) is 11.5 Å². The summed E-state index contributed by atoms with van der Waals surface area (Å²) in [4.78, 5) is 8.67. The Morgan fingerprint density at radius 3 is 2.86 bits per heavy atom. The minimum atomic E-state index is -0.279. The van der Waals surface area contributed by atoms with Crippen LogP contribution in [0.5, 0.6) is 0 Å². The molecule has 1 saturated heterocycles. The van der Waals surface area contributed by atoms with Gasteiger partial charge in [0.15, 0.2) is 5.96 Å². The Hall–Kier alpha value is -2.45. The van der Waals surface area contributed by atoms with Crippen LogP contribution >= 0.6 is 0 Å². The van der Waals surface area contributed by atoms with Crippen LogP contribution in [0.15, 0.2) is 39.9 Å². The van der Waals surface area contributed by atoms with E-state index in [9.17, 15) is 4.39 Å². The number of oxazole rings is 1. The number of aromatic nitrogens is 1. The lowest BCUT2D eigenvalue weighted by atomic mass is 10.1. The average Bonchev–Trinajstić information content (AvgIpc) is 3.42. The predicted molar refractivity (Wildman–Crippen MR) is 109 cm³/mol. The van der Waals surface area contributed by atoms with E-state index in [-0.39, 0.29) is 5.82 Å². The third-order valence-corrected chi connectivity index (χ3v) is 4.68. The van der Waals surface area contributed by atoms with Crippen molar-refractivity contribution in [2.24, 2.45) is 10.9 Å². The average molecular weight is 404 g/mol. The first-order valence-corrected chi connectivity index (χ1v) is 10.0. The molecule has 1 aromatic heterocycles. The third-order valence-electron chi connectivity index (χ3n) is 4.68. The zero-order chi connectivity index (χ0) is 20.3. The molecule has 29 heavy (non-hydrogen) atoms. The van der Waals surface area contributed by atoms with Crippen molar-refractivity contribution in [3.63, 3.8) is 0 Å². The number of halogens is 1. The molecule has 1 aliphatic rings. The highest BCUT2D eigenvalue weighted by molar-refractivity contribution is 5.79. The summed E-state index contributed by atoms with van der Waals surface area (Å²) in [6.07, 6.45) is 4.34. The number of nitrogens with one attached hydrogen (secondary N) is 2. The summed E-state index contributed by atoms with van der Waals surface area (Å²) in [7, 11) is 1.74. The number of guanidine groups is 1. The summed E-state index contributed by atoms with van der Waals surface area (Å²) in [5.74, 6) is 1.51. The lowest BCUT2D eigenvalue weighted by Crippen LogP contribution is -2.39. The van der Waals surface area contributed by atoms with E-state index in [1.54, 1.807) is 25.4 Å². The van der Waals surface area contributed by atoms with Crippen LogP contribution in [0.2, 0.25) is 0 Å². The highest BCUT2D eigenvalue weighted by atomic mass is 19.1. The standard InChI is InChI=1S/C21H29FN4O3/c1-23-21(24-9-2-11-27-13-16-8-12-28-14-16)25-10-7-19-15-29-20(26-19)17-3-5-18(22)6-4-17/h3-6,15-16H,2,7-14H2,1H3,(H2,23,24,25). The fourth-order valence-corrected chi connectivity index (χ4v) is 3.02. The van der Waals surface area contributed by atoms with Crippen LogP contribution in [0.3, 0.4) is 0 Å². The van der Waals surface area contributed by atoms with Crippen LogP contribution in [-0.4, -0.2) is 57.5 Å². The smallest absolute Gasteiger partial charge is 0.226 e. The molecule has 0 spiro atoms. The van der Waals surface area contributed by atoms with E-state index in [2.05, 4.69) is 20.6 Å². The summed E-state index contributed by atoms with van der Waals surface area (Å²) in [5, 5.41) is 6.54. The molecule has 1 atom stereocenters. The second kappa shape index (κ2) is 11.5. The number of rotatable bonds is 10. The van der Waals surface area contributed by atoms with Crippen LogP contribution in [0.4, 0.5) is 4.39 Å². The van der Waals surface area contributed by atoms with Crippen LogP contribution in [0.1, 0.15) is 18.5 Å². The lowest BCUT2D eigenvalue weighted by molar-refractivity contribution is 0.0888. The Morgan fingerprint density at radius 1 is 1.28 bits per heavy atom. The maximum atomic E-state index is 13.0. The number of nitrogens with zero attached hydrogens (tertiary/aromatic N) is 2. The molecular formula is C21H29FN4O3. The van der Waals surface area contributed by atoms with Crippen molar-refractivity contribution in [2.45, 2.75) is 19.3 Å². The molecule has 3 rings (SSSR count). The zero-order valence-corrected chi connectivity index (χ0v) is 16.8. The molecular weight excluding hydrogens is 375 g/mol. The molecule has 1 fully saturated rings. The Balaban J connectivity index is 1.29. The van der Waals surface area contributed by atoms with E-state index in [1.807, 2.05) is 0 Å². The summed E-state index contributed by atoms with van der Waals surface area (Å²) in [5.41, 5.74) is 1.59. The molecule has 2 heterocycles. The van der Waals surface area contributed by atoms with Gasteiger partial charge >= 0.3 is 0 Å². The van der Waals surface area contributed by atoms with E-state index in [4.69, 9.17) is 13.9 Å². The molecule has 0 bridgehead atoms. The Labute approximate surface area is 170 Å². The van der Waals surface area contributed by atoms with Gasteiger partial charge in [-0.2, -0.15) is 0 Å². The summed E-state index contributed by atoms with van der Waals surface area (Å²) < 4.78 is 29.5. The lowest BCUT2D eigenvalue weighted by Gasteiger charge is -2.12. The summed E-state index contributed by atoms with van der Waals surface area (Å²) >= 11 is 0. The second-order valence-electron chi connectivity index (χ2n) is 6.98. The van der Waals surface area contributed by atoms with E-state index in [0.717, 1.165) is 63.0 Å². The van der Waals surface area contributed by atoms with Crippen molar-refractivity contribution in [2.75, 3.05) is 46.6 Å². The van der Waals surface area contributed by atoms with Gasteiger partial charge in [-0.1, -0.05) is 0 Å². The summed E-state index contributed by atoms with van der Waals surface area (Å²) in [6, 6.07) is 6.09. The third kappa shape index (κ3) is 7.14. The molecule has 1 aliphatic heterocycles. The van der Waals surface area contributed by atoms with E-state index < -0.39 is 0 Å². The minimum absolute atomic E-state index is 0.279. The van der Waals surface area contributed by atoms with Gasteiger partial charge in [0.1, 0.15) is 12.1 Å². The number of hydrogen-bond acceptors (Lipinski definition) is 5. The number of hydrogen-bond donors (Lipinski definition) is 2. The van der Waals surface area contributed by atoms with Crippen molar-refractivity contribution in [3.05, 3.63) is 42.0 Å². The highest BCUT2D eigenvalue weighted by Gasteiger charge is 2.15. The van der Waals surface area contributed by atoms with Gasteiger partial charge in [0, 0.05) is 51.3 Å². The molecule has 0 saturated carbocycles. The molecule has 158 valence electrons. The molecule has 0 aliphatic carbocycles. The van der Waals surface area contributed by atoms with Gasteiger partial charge in [-0.15, -0.1) is 0 Å². The number of ether oxygens (including phenoxy) is 2. The Kier molecular flexibility index (Phi) is 8.45. The van der Waals surface area contributed by atoms with E-state index in [0.29, 0.717) is 24.8 Å². The largest absolute Gasteiger partial charge is 0.444 e. The molecule has 2 N–H and O–H groups in total. The first-order valence-electron chi connectivity index (χ1n) is 10.0. The maximum absolute atomic E-state index is 13.0. The van der Waals surface area contributed by atoms with E-state index >= 15 is 0 Å².